The smallest absolute Gasteiger partial charge is 0.352 e. The highest BCUT2D eigenvalue weighted by Crippen LogP contribution is 2.29. The number of aromatic amines is 1. The van der Waals surface area contributed by atoms with Gasteiger partial charge < -0.3 is 10.1 Å². The van der Waals surface area contributed by atoms with Crippen LogP contribution in [-0.4, -0.2) is 42.0 Å². The molecular formula is C11H16N2O4S2. The molecule has 1 aliphatic carbocycles. The van der Waals surface area contributed by atoms with Crippen molar-refractivity contribution in [2.45, 2.75) is 35.4 Å². The van der Waals surface area contributed by atoms with E-state index in [0.29, 0.717) is 5.25 Å². The number of carboxylic acid groups (broad SMARTS) is 1. The summed E-state index contributed by atoms with van der Waals surface area (Å²) in [6.07, 6.45) is 5.86. The Morgan fingerprint density at radius 3 is 2.79 bits per heavy atom. The number of nitrogens with one attached hydrogen (secondary N) is 2. The van der Waals surface area contributed by atoms with Gasteiger partial charge in [0.1, 0.15) is 10.6 Å². The van der Waals surface area contributed by atoms with E-state index in [1.807, 2.05) is 6.26 Å². The fraction of sp³-hybridized carbons (Fsp3) is 0.545. The number of hydrogen-bond acceptors (Lipinski definition) is 4. The summed E-state index contributed by atoms with van der Waals surface area (Å²) >= 11 is 1.75. The molecule has 3 N–H and O–H groups in total. The van der Waals surface area contributed by atoms with Crippen molar-refractivity contribution in [2.24, 2.45) is 0 Å². The zero-order valence-corrected chi connectivity index (χ0v) is 12.1. The van der Waals surface area contributed by atoms with Crippen LogP contribution >= 0.6 is 11.8 Å². The molecule has 0 bridgehead atoms. The number of thioether (sulfide) groups is 1. The lowest BCUT2D eigenvalue weighted by atomic mass is 10.3. The molecule has 1 saturated carbocycles. The molecule has 1 aromatic rings. The molecule has 1 aliphatic rings. The highest BCUT2D eigenvalue weighted by molar-refractivity contribution is 7.99. The number of H-pyrrole nitrogens is 1. The summed E-state index contributed by atoms with van der Waals surface area (Å²) in [4.78, 5) is 13.1. The molecule has 6 nitrogen and oxygen atoms in total. The minimum absolute atomic E-state index is 0.0301. The Balaban J connectivity index is 2.08. The van der Waals surface area contributed by atoms with E-state index in [4.69, 9.17) is 5.11 Å². The maximum atomic E-state index is 12.1. The van der Waals surface area contributed by atoms with Gasteiger partial charge in [-0.3, -0.25) is 0 Å². The SMILES string of the molecule is CSC1CCC(NS(=O)(=O)c2c[nH]c(C(=O)O)c2)C1. The summed E-state index contributed by atoms with van der Waals surface area (Å²) in [6, 6.07) is 1.07. The molecule has 19 heavy (non-hydrogen) atoms. The number of rotatable bonds is 5. The molecule has 0 radical (unpaired) electrons. The molecule has 0 aromatic carbocycles. The topological polar surface area (TPSA) is 99.3 Å². The molecule has 1 aromatic heterocycles. The summed E-state index contributed by atoms with van der Waals surface area (Å²) < 4.78 is 26.8. The van der Waals surface area contributed by atoms with Crippen LogP contribution in [0.1, 0.15) is 29.8 Å². The molecule has 2 rings (SSSR count). The van der Waals surface area contributed by atoms with Crippen LogP contribution in [0.2, 0.25) is 0 Å². The first-order chi connectivity index (χ1) is 8.92. The van der Waals surface area contributed by atoms with Gasteiger partial charge in [-0.1, -0.05) is 0 Å². The average molecular weight is 304 g/mol. The van der Waals surface area contributed by atoms with E-state index in [1.54, 1.807) is 11.8 Å². The predicted octanol–water partition coefficient (Wildman–Crippen LogP) is 1.28. The zero-order valence-electron chi connectivity index (χ0n) is 10.4. The van der Waals surface area contributed by atoms with Crippen molar-refractivity contribution in [3.8, 4) is 0 Å². The Hall–Kier alpha value is -0.990. The Kier molecular flexibility index (Phi) is 4.22. The molecule has 2 unspecified atom stereocenters. The van der Waals surface area contributed by atoms with Crippen LogP contribution < -0.4 is 4.72 Å². The van der Waals surface area contributed by atoms with E-state index in [1.165, 1.54) is 6.20 Å². The summed E-state index contributed by atoms with van der Waals surface area (Å²) in [5, 5.41) is 9.26. The van der Waals surface area contributed by atoms with Gasteiger partial charge in [-0.15, -0.1) is 0 Å². The van der Waals surface area contributed by atoms with Crippen molar-refractivity contribution in [2.75, 3.05) is 6.26 Å². The van der Waals surface area contributed by atoms with E-state index in [-0.39, 0.29) is 16.6 Å². The third kappa shape index (κ3) is 3.31. The molecule has 0 saturated heterocycles. The minimum Gasteiger partial charge on any atom is -0.477 e. The molecule has 1 fully saturated rings. The number of carbonyl (C=O) groups is 1. The van der Waals surface area contributed by atoms with Crippen molar-refractivity contribution in [3.05, 3.63) is 18.0 Å². The summed E-state index contributed by atoms with van der Waals surface area (Å²) in [7, 11) is -3.64. The predicted molar refractivity (Wildman–Crippen MR) is 73.0 cm³/mol. The quantitative estimate of drug-likeness (QED) is 0.761. The van der Waals surface area contributed by atoms with Crippen LogP contribution in [0.5, 0.6) is 0 Å². The van der Waals surface area contributed by atoms with Crippen molar-refractivity contribution in [1.29, 1.82) is 0 Å². The summed E-state index contributed by atoms with van der Waals surface area (Å²) in [5.41, 5.74) is -0.131. The lowest BCUT2D eigenvalue weighted by Gasteiger charge is -2.12. The van der Waals surface area contributed by atoms with E-state index in [2.05, 4.69) is 9.71 Å². The summed E-state index contributed by atoms with van der Waals surface area (Å²) in [6.45, 7) is 0. The first-order valence-corrected chi connectivity index (χ1v) is 8.66. The maximum absolute atomic E-state index is 12.1. The van der Waals surface area contributed by atoms with Crippen LogP contribution in [0.15, 0.2) is 17.2 Å². The van der Waals surface area contributed by atoms with Gasteiger partial charge in [0.05, 0.1) is 0 Å². The molecule has 0 spiro atoms. The molecule has 2 atom stereocenters. The van der Waals surface area contributed by atoms with Gasteiger partial charge >= 0.3 is 5.97 Å². The van der Waals surface area contributed by atoms with E-state index in [0.717, 1.165) is 25.3 Å². The highest BCUT2D eigenvalue weighted by atomic mass is 32.2. The molecule has 106 valence electrons. The number of carboxylic acids is 1. The minimum atomic E-state index is -3.64. The first kappa shape index (κ1) is 14.4. The van der Waals surface area contributed by atoms with Gasteiger partial charge in [0.15, 0.2) is 0 Å². The molecule has 1 heterocycles. The van der Waals surface area contributed by atoms with Gasteiger partial charge in [-0.2, -0.15) is 11.8 Å². The third-order valence-corrected chi connectivity index (χ3v) is 5.83. The van der Waals surface area contributed by atoms with Crippen LogP contribution in [0.4, 0.5) is 0 Å². The second-order valence-corrected chi connectivity index (χ2v) is 7.40. The summed E-state index contributed by atoms with van der Waals surface area (Å²) in [5.74, 6) is -1.18. The zero-order chi connectivity index (χ0) is 14.0. The second-order valence-electron chi connectivity index (χ2n) is 4.54. The molecule has 0 aliphatic heterocycles. The molecular weight excluding hydrogens is 288 g/mol. The molecule has 0 amide bonds. The van der Waals surface area contributed by atoms with Gasteiger partial charge in [0, 0.05) is 17.5 Å². The lowest BCUT2D eigenvalue weighted by molar-refractivity contribution is 0.0691. The van der Waals surface area contributed by atoms with Crippen LogP contribution in [0.25, 0.3) is 0 Å². The van der Waals surface area contributed by atoms with E-state index >= 15 is 0 Å². The Labute approximate surface area is 116 Å². The fourth-order valence-corrected chi connectivity index (χ4v) is 4.27. The van der Waals surface area contributed by atoms with Crippen molar-refractivity contribution in [3.63, 3.8) is 0 Å². The molecule has 8 heteroatoms. The Morgan fingerprint density at radius 2 is 2.26 bits per heavy atom. The monoisotopic (exact) mass is 304 g/mol. The number of aromatic nitrogens is 1. The van der Waals surface area contributed by atoms with Crippen molar-refractivity contribution < 1.29 is 18.3 Å². The van der Waals surface area contributed by atoms with Crippen molar-refractivity contribution >= 4 is 27.8 Å². The highest BCUT2D eigenvalue weighted by Gasteiger charge is 2.28. The average Bonchev–Trinajstić information content (AvgIpc) is 2.95. The number of aromatic carboxylic acids is 1. The number of hydrogen-bond donors (Lipinski definition) is 3. The fourth-order valence-electron chi connectivity index (χ4n) is 2.20. The van der Waals surface area contributed by atoms with Crippen LogP contribution in [0, 0.1) is 0 Å². The third-order valence-electron chi connectivity index (χ3n) is 3.24. The number of sulfonamides is 1. The van der Waals surface area contributed by atoms with Gasteiger partial charge in [-0.05, 0) is 31.6 Å². The van der Waals surface area contributed by atoms with Crippen LogP contribution in [0.3, 0.4) is 0 Å². The Morgan fingerprint density at radius 1 is 1.53 bits per heavy atom. The maximum Gasteiger partial charge on any atom is 0.352 e. The second kappa shape index (κ2) is 5.56. The lowest BCUT2D eigenvalue weighted by Crippen LogP contribution is -2.32. The van der Waals surface area contributed by atoms with E-state index in [9.17, 15) is 13.2 Å². The largest absolute Gasteiger partial charge is 0.477 e. The van der Waals surface area contributed by atoms with Gasteiger partial charge in [-0.25, -0.2) is 17.9 Å². The Bertz CT molecular complexity index is 567. The first-order valence-electron chi connectivity index (χ1n) is 5.89. The van der Waals surface area contributed by atoms with E-state index < -0.39 is 16.0 Å². The standard InChI is InChI=1S/C11H16N2O4S2/c1-18-8-3-2-7(4-8)13-19(16,17)9-5-10(11(14)15)12-6-9/h5-8,12-13H,2-4H2,1H3,(H,14,15). The van der Waals surface area contributed by atoms with Gasteiger partial charge in [0.2, 0.25) is 10.0 Å². The van der Waals surface area contributed by atoms with Crippen molar-refractivity contribution in [1.82, 2.24) is 9.71 Å². The normalized spacial score (nSPS) is 23.6. The van der Waals surface area contributed by atoms with Gasteiger partial charge in [0.25, 0.3) is 0 Å². The van der Waals surface area contributed by atoms with Crippen LogP contribution in [-0.2, 0) is 10.0 Å².